The molecule has 2 aromatic carbocycles. The highest BCUT2D eigenvalue weighted by Gasteiger charge is 2.17. The molecule has 136 valence electrons. The molecule has 0 fully saturated rings. The number of imidazole rings is 1. The Labute approximate surface area is 175 Å². The minimum atomic E-state index is 0. The third kappa shape index (κ3) is 2.74. The van der Waals surface area contributed by atoms with E-state index < -0.39 is 0 Å². The fourth-order valence-corrected chi connectivity index (χ4v) is 3.90. The maximum absolute atomic E-state index is 2.36. The summed E-state index contributed by atoms with van der Waals surface area (Å²) in [5.41, 5.74) is 7.49. The molecule has 0 radical (unpaired) electrons. The molecular formula is C23H22IN3. The van der Waals surface area contributed by atoms with Gasteiger partial charge in [-0.05, 0) is 60.5 Å². The van der Waals surface area contributed by atoms with E-state index >= 15 is 0 Å². The molecule has 0 N–H and O–H groups in total. The molecule has 0 bridgehead atoms. The number of halogens is 1. The van der Waals surface area contributed by atoms with Gasteiger partial charge in [0.15, 0.2) is 5.52 Å². The van der Waals surface area contributed by atoms with Crippen LogP contribution in [0.5, 0.6) is 0 Å². The van der Waals surface area contributed by atoms with Crippen LogP contribution in [0.15, 0.2) is 66.9 Å². The van der Waals surface area contributed by atoms with Crippen LogP contribution in [0.4, 0.5) is 5.69 Å². The Kier molecular flexibility index (Phi) is 4.46. The summed E-state index contributed by atoms with van der Waals surface area (Å²) in [4.78, 5) is 2.14. The average Bonchev–Trinajstić information content (AvgIpc) is 3.06. The van der Waals surface area contributed by atoms with Gasteiger partial charge in [0.05, 0.1) is 0 Å². The highest BCUT2D eigenvalue weighted by Crippen LogP contribution is 2.24. The number of hydrogen-bond acceptors (Lipinski definition) is 1. The van der Waals surface area contributed by atoms with Gasteiger partial charge in [-0.2, -0.15) is 8.80 Å². The smallest absolute Gasteiger partial charge is 0.292 e. The Morgan fingerprint density at radius 1 is 0.889 bits per heavy atom. The van der Waals surface area contributed by atoms with E-state index in [9.17, 15) is 0 Å². The predicted octanol–water partition coefficient (Wildman–Crippen LogP) is 1.62. The number of aryl methyl sites for hydroxylation is 1. The maximum Gasteiger partial charge on any atom is 0.292 e. The van der Waals surface area contributed by atoms with Crippen molar-refractivity contribution >= 4 is 38.7 Å². The highest BCUT2D eigenvalue weighted by molar-refractivity contribution is 5.86. The summed E-state index contributed by atoms with van der Waals surface area (Å²) in [6, 6.07) is 22.3. The van der Waals surface area contributed by atoms with Gasteiger partial charge in [-0.25, -0.2) is 0 Å². The molecule has 0 saturated heterocycles. The fourth-order valence-electron chi connectivity index (χ4n) is 3.90. The van der Waals surface area contributed by atoms with Crippen molar-refractivity contribution in [2.75, 3.05) is 19.0 Å². The molecular weight excluding hydrogens is 445 g/mol. The van der Waals surface area contributed by atoms with Gasteiger partial charge in [-0.15, -0.1) is 0 Å². The van der Waals surface area contributed by atoms with Crippen molar-refractivity contribution in [2.45, 2.75) is 13.3 Å². The number of pyridine rings is 2. The lowest BCUT2D eigenvalue weighted by Crippen LogP contribution is -3.00. The van der Waals surface area contributed by atoms with Crippen LogP contribution >= 0.6 is 0 Å². The molecule has 0 atom stereocenters. The normalized spacial score (nSPS) is 11.4. The summed E-state index contributed by atoms with van der Waals surface area (Å²) in [6.07, 6.45) is 3.30. The Balaban J connectivity index is 0.00000180. The zero-order chi connectivity index (χ0) is 17.8. The molecule has 3 nitrogen and oxygen atoms in total. The van der Waals surface area contributed by atoms with E-state index in [1.54, 1.807) is 0 Å². The van der Waals surface area contributed by atoms with Crippen molar-refractivity contribution in [1.29, 1.82) is 0 Å². The largest absolute Gasteiger partial charge is 1.00 e. The summed E-state index contributed by atoms with van der Waals surface area (Å²) in [5, 5.41) is 2.54. The monoisotopic (exact) mass is 467 g/mol. The molecule has 4 heteroatoms. The minimum Gasteiger partial charge on any atom is -1.00 e. The van der Waals surface area contributed by atoms with Crippen molar-refractivity contribution in [3.05, 3.63) is 72.4 Å². The Morgan fingerprint density at radius 2 is 1.70 bits per heavy atom. The Bertz CT molecular complexity index is 1300. The van der Waals surface area contributed by atoms with Crippen molar-refractivity contribution in [3.63, 3.8) is 0 Å². The van der Waals surface area contributed by atoms with Crippen LogP contribution < -0.4 is 33.3 Å². The van der Waals surface area contributed by atoms with Crippen LogP contribution in [0.3, 0.4) is 0 Å². The van der Waals surface area contributed by atoms with Crippen LogP contribution in [0.25, 0.3) is 33.0 Å². The first-order valence-electron chi connectivity index (χ1n) is 9.14. The van der Waals surface area contributed by atoms with Gasteiger partial charge in [0.1, 0.15) is 17.2 Å². The first kappa shape index (κ1) is 18.0. The van der Waals surface area contributed by atoms with Crippen molar-refractivity contribution in [2.24, 2.45) is 0 Å². The summed E-state index contributed by atoms with van der Waals surface area (Å²) >= 11 is 0. The van der Waals surface area contributed by atoms with Gasteiger partial charge in [0.25, 0.3) is 5.65 Å². The topological polar surface area (TPSA) is 11.8 Å². The van der Waals surface area contributed by atoms with Gasteiger partial charge in [-0.3, -0.25) is 0 Å². The molecule has 5 rings (SSSR count). The second-order valence-electron chi connectivity index (χ2n) is 7.17. The Hall–Kier alpha value is -2.34. The molecule has 0 spiro atoms. The quantitative estimate of drug-likeness (QED) is 0.284. The van der Waals surface area contributed by atoms with E-state index in [0.717, 1.165) is 6.42 Å². The van der Waals surface area contributed by atoms with E-state index in [1.165, 1.54) is 44.2 Å². The molecule has 3 heterocycles. The highest BCUT2D eigenvalue weighted by atomic mass is 127. The lowest BCUT2D eigenvalue weighted by molar-refractivity contribution is -0.479. The lowest BCUT2D eigenvalue weighted by atomic mass is 10.1. The van der Waals surface area contributed by atoms with Gasteiger partial charge in [0.2, 0.25) is 0 Å². The number of anilines is 1. The van der Waals surface area contributed by atoms with Gasteiger partial charge in [0, 0.05) is 36.6 Å². The zero-order valence-electron chi connectivity index (χ0n) is 15.8. The fraction of sp³-hybridized carbons (Fsp3) is 0.174. The number of nitrogens with zero attached hydrogens (tertiary/aromatic N) is 3. The molecule has 0 amide bonds. The van der Waals surface area contributed by atoms with E-state index in [4.69, 9.17) is 0 Å². The van der Waals surface area contributed by atoms with E-state index in [1.807, 2.05) is 0 Å². The van der Waals surface area contributed by atoms with Crippen LogP contribution in [-0.4, -0.2) is 18.5 Å². The van der Waals surface area contributed by atoms with Crippen LogP contribution in [0.2, 0.25) is 0 Å². The van der Waals surface area contributed by atoms with Gasteiger partial charge in [-0.1, -0.05) is 13.0 Å². The number of fused-ring (bicyclic) bond motifs is 7. The van der Waals surface area contributed by atoms with Gasteiger partial charge < -0.3 is 28.9 Å². The van der Waals surface area contributed by atoms with E-state index in [-0.39, 0.29) is 24.0 Å². The van der Waals surface area contributed by atoms with Crippen LogP contribution in [0, 0.1) is 0 Å². The zero-order valence-corrected chi connectivity index (χ0v) is 17.9. The Morgan fingerprint density at radius 3 is 2.48 bits per heavy atom. The van der Waals surface area contributed by atoms with E-state index in [2.05, 4.69) is 102 Å². The SMILES string of the molecule is CCc1ccc2c(ccc3c[n+]4c5ccc(N(C)C)cc5ccc4n32)c1.[I-]. The second-order valence-corrected chi connectivity index (χ2v) is 7.17. The third-order valence-electron chi connectivity index (χ3n) is 5.37. The summed E-state index contributed by atoms with van der Waals surface area (Å²) in [5.74, 6) is 0. The summed E-state index contributed by atoms with van der Waals surface area (Å²) in [7, 11) is 4.16. The summed E-state index contributed by atoms with van der Waals surface area (Å²) < 4.78 is 4.66. The summed E-state index contributed by atoms with van der Waals surface area (Å²) in [6.45, 7) is 2.20. The molecule has 0 aliphatic rings. The van der Waals surface area contributed by atoms with Gasteiger partial charge >= 0.3 is 0 Å². The third-order valence-corrected chi connectivity index (χ3v) is 5.37. The standard InChI is InChI=1S/C23H22N3.HI/c1-4-16-5-10-22-17(13-16)6-8-20-15-25-21-11-9-19(24(2)3)14-18(21)7-12-23(25)26(20)22;/h5-15H,4H2,1-3H3;1H/q+1;/p-1. The molecule has 0 aliphatic carbocycles. The lowest BCUT2D eigenvalue weighted by Gasteiger charge is -2.12. The van der Waals surface area contributed by atoms with Crippen LogP contribution in [-0.2, 0) is 6.42 Å². The minimum absolute atomic E-state index is 0. The van der Waals surface area contributed by atoms with E-state index in [0.29, 0.717) is 0 Å². The molecule has 0 aliphatic heterocycles. The first-order valence-corrected chi connectivity index (χ1v) is 9.14. The van der Waals surface area contributed by atoms with Crippen molar-refractivity contribution in [3.8, 4) is 0 Å². The maximum atomic E-state index is 2.36. The second kappa shape index (κ2) is 6.68. The predicted molar refractivity (Wildman–Crippen MR) is 109 cm³/mol. The number of benzene rings is 2. The number of rotatable bonds is 2. The molecule has 3 aromatic heterocycles. The molecule has 0 saturated carbocycles. The number of aromatic nitrogens is 2. The first-order chi connectivity index (χ1) is 12.7. The van der Waals surface area contributed by atoms with Crippen molar-refractivity contribution < 1.29 is 28.4 Å². The van der Waals surface area contributed by atoms with Crippen molar-refractivity contribution in [1.82, 2.24) is 4.40 Å². The average molecular weight is 467 g/mol. The number of hydrogen-bond donors (Lipinski definition) is 0. The molecule has 27 heavy (non-hydrogen) atoms. The molecule has 5 aromatic rings. The van der Waals surface area contributed by atoms with Crippen LogP contribution in [0.1, 0.15) is 12.5 Å². The molecule has 0 unspecified atom stereocenters.